The summed E-state index contributed by atoms with van der Waals surface area (Å²) >= 11 is 9.16. The highest BCUT2D eigenvalue weighted by Gasteiger charge is 2.10. The highest BCUT2D eigenvalue weighted by Crippen LogP contribution is 2.18. The van der Waals surface area contributed by atoms with E-state index < -0.39 is 0 Å². The smallest absolute Gasteiger partial charge is 0.248 e. The molecule has 1 aromatic carbocycles. The normalized spacial score (nSPS) is 10.9. The minimum absolute atomic E-state index is 0.389. The Morgan fingerprint density at radius 3 is 2.75 bits per heavy atom. The summed E-state index contributed by atoms with van der Waals surface area (Å²) in [6, 6.07) is 7.25. The molecule has 0 aliphatic heterocycles. The topological polar surface area (TPSA) is 69.6 Å². The van der Waals surface area contributed by atoms with Crippen molar-refractivity contribution < 1.29 is 4.52 Å². The summed E-state index contributed by atoms with van der Waals surface area (Å²) in [5.41, 5.74) is 1.70. The summed E-state index contributed by atoms with van der Waals surface area (Å²) in [5.74, 6) is 0.999. The standard InChI is InChI=1S/C12H9BrClN5O/c13-5-10-6-19(18-16-10)7-11-15-12(17-20-11)8-1-3-9(14)4-2-8/h1-4,6H,5,7H2. The molecule has 0 N–H and O–H groups in total. The monoisotopic (exact) mass is 353 g/mol. The first-order chi connectivity index (χ1) is 9.74. The van der Waals surface area contributed by atoms with Gasteiger partial charge in [0.05, 0.1) is 5.69 Å². The third kappa shape index (κ3) is 2.88. The molecule has 0 bridgehead atoms. The lowest BCUT2D eigenvalue weighted by Crippen LogP contribution is -2.00. The van der Waals surface area contributed by atoms with Crippen LogP contribution in [-0.4, -0.2) is 25.1 Å². The number of benzene rings is 1. The van der Waals surface area contributed by atoms with Crippen LogP contribution in [0, 0.1) is 0 Å². The first-order valence-corrected chi connectivity index (χ1v) is 7.28. The van der Waals surface area contributed by atoms with Crippen LogP contribution in [0.4, 0.5) is 0 Å². The molecule has 20 heavy (non-hydrogen) atoms. The second kappa shape index (κ2) is 5.72. The third-order valence-electron chi connectivity index (χ3n) is 2.59. The number of alkyl halides is 1. The zero-order valence-electron chi connectivity index (χ0n) is 10.2. The maximum atomic E-state index is 5.84. The number of rotatable bonds is 4. The quantitative estimate of drug-likeness (QED) is 0.674. The second-order valence-corrected chi connectivity index (χ2v) is 5.06. The van der Waals surface area contributed by atoms with Gasteiger partial charge in [0, 0.05) is 22.1 Å². The predicted octanol–water partition coefficient (Wildman–Crippen LogP) is 2.92. The molecule has 102 valence electrons. The Morgan fingerprint density at radius 1 is 1.25 bits per heavy atom. The van der Waals surface area contributed by atoms with Gasteiger partial charge in [0.1, 0.15) is 6.54 Å². The number of halogens is 2. The molecule has 0 atom stereocenters. The Balaban J connectivity index is 1.78. The fraction of sp³-hybridized carbons (Fsp3) is 0.167. The van der Waals surface area contributed by atoms with Crippen molar-refractivity contribution in [3.8, 4) is 11.4 Å². The average Bonchev–Trinajstić information content (AvgIpc) is 3.09. The third-order valence-corrected chi connectivity index (χ3v) is 3.42. The maximum Gasteiger partial charge on any atom is 0.248 e. The molecule has 6 nitrogen and oxygen atoms in total. The van der Waals surface area contributed by atoms with Crippen LogP contribution < -0.4 is 0 Å². The van der Waals surface area contributed by atoms with Crippen LogP contribution in [0.3, 0.4) is 0 Å². The number of aromatic nitrogens is 5. The van der Waals surface area contributed by atoms with Gasteiger partial charge in [-0.1, -0.05) is 37.9 Å². The van der Waals surface area contributed by atoms with Gasteiger partial charge in [-0.2, -0.15) is 4.98 Å². The van der Waals surface area contributed by atoms with E-state index in [-0.39, 0.29) is 0 Å². The van der Waals surface area contributed by atoms with Crippen LogP contribution in [0.2, 0.25) is 5.02 Å². The van der Waals surface area contributed by atoms with E-state index in [2.05, 4.69) is 36.4 Å². The lowest BCUT2D eigenvalue weighted by molar-refractivity contribution is 0.364. The van der Waals surface area contributed by atoms with Gasteiger partial charge >= 0.3 is 0 Å². The van der Waals surface area contributed by atoms with E-state index in [1.54, 1.807) is 16.8 Å². The van der Waals surface area contributed by atoms with Crippen molar-refractivity contribution in [2.75, 3.05) is 0 Å². The van der Waals surface area contributed by atoms with E-state index >= 15 is 0 Å². The van der Waals surface area contributed by atoms with Crippen molar-refractivity contribution in [3.63, 3.8) is 0 Å². The first kappa shape index (κ1) is 13.3. The van der Waals surface area contributed by atoms with Crippen molar-refractivity contribution in [3.05, 3.63) is 47.1 Å². The highest BCUT2D eigenvalue weighted by molar-refractivity contribution is 9.08. The van der Waals surface area contributed by atoms with Crippen molar-refractivity contribution >= 4 is 27.5 Å². The molecule has 0 unspecified atom stereocenters. The molecule has 0 aliphatic carbocycles. The Morgan fingerprint density at radius 2 is 2.05 bits per heavy atom. The van der Waals surface area contributed by atoms with E-state index in [0.29, 0.717) is 28.6 Å². The van der Waals surface area contributed by atoms with Crippen molar-refractivity contribution in [1.29, 1.82) is 0 Å². The van der Waals surface area contributed by atoms with E-state index in [1.807, 2.05) is 18.3 Å². The summed E-state index contributed by atoms with van der Waals surface area (Å²) in [6.45, 7) is 0.389. The van der Waals surface area contributed by atoms with Crippen LogP contribution in [0.1, 0.15) is 11.6 Å². The summed E-state index contributed by atoms with van der Waals surface area (Å²) in [7, 11) is 0. The summed E-state index contributed by atoms with van der Waals surface area (Å²) in [4.78, 5) is 4.32. The average molecular weight is 355 g/mol. The number of hydrogen-bond donors (Lipinski definition) is 0. The molecular formula is C12H9BrClN5O. The summed E-state index contributed by atoms with van der Waals surface area (Å²) < 4.78 is 6.85. The minimum Gasteiger partial charge on any atom is -0.337 e. The molecule has 0 saturated carbocycles. The summed E-state index contributed by atoms with van der Waals surface area (Å²) in [5, 5.41) is 13.2. The molecule has 0 radical (unpaired) electrons. The highest BCUT2D eigenvalue weighted by atomic mass is 79.9. The Labute approximate surface area is 127 Å². The molecule has 0 fully saturated rings. The molecular weight excluding hydrogens is 346 g/mol. The van der Waals surface area contributed by atoms with Gasteiger partial charge in [0.2, 0.25) is 11.7 Å². The van der Waals surface area contributed by atoms with Gasteiger partial charge < -0.3 is 4.52 Å². The molecule has 3 rings (SSSR count). The van der Waals surface area contributed by atoms with E-state index in [9.17, 15) is 0 Å². The fourth-order valence-corrected chi connectivity index (χ4v) is 2.03. The van der Waals surface area contributed by atoms with E-state index in [1.165, 1.54) is 0 Å². The van der Waals surface area contributed by atoms with Crippen LogP contribution in [-0.2, 0) is 11.9 Å². The largest absolute Gasteiger partial charge is 0.337 e. The fourth-order valence-electron chi connectivity index (χ4n) is 1.65. The van der Waals surface area contributed by atoms with Crippen LogP contribution in [0.5, 0.6) is 0 Å². The molecule has 0 spiro atoms. The van der Waals surface area contributed by atoms with Gasteiger partial charge in [-0.05, 0) is 24.3 Å². The van der Waals surface area contributed by atoms with Crippen LogP contribution in [0.15, 0.2) is 35.0 Å². The van der Waals surface area contributed by atoms with Gasteiger partial charge in [0.25, 0.3) is 0 Å². The Hall–Kier alpha value is -1.73. The zero-order valence-corrected chi connectivity index (χ0v) is 12.5. The Bertz CT molecular complexity index is 709. The second-order valence-electron chi connectivity index (χ2n) is 4.06. The summed E-state index contributed by atoms with van der Waals surface area (Å²) in [6.07, 6.45) is 1.82. The molecule has 0 amide bonds. The van der Waals surface area contributed by atoms with Gasteiger partial charge in [-0.15, -0.1) is 5.10 Å². The number of hydrogen-bond acceptors (Lipinski definition) is 5. The van der Waals surface area contributed by atoms with Crippen molar-refractivity contribution in [2.45, 2.75) is 11.9 Å². The van der Waals surface area contributed by atoms with Crippen LogP contribution in [0.25, 0.3) is 11.4 Å². The van der Waals surface area contributed by atoms with Gasteiger partial charge in [0.15, 0.2) is 0 Å². The molecule has 0 aliphatic rings. The maximum absolute atomic E-state index is 5.84. The SMILES string of the molecule is Clc1ccc(-c2noc(Cn3cc(CBr)nn3)n2)cc1. The molecule has 0 saturated heterocycles. The van der Waals surface area contributed by atoms with Gasteiger partial charge in [-0.3, -0.25) is 0 Å². The van der Waals surface area contributed by atoms with E-state index in [0.717, 1.165) is 11.3 Å². The molecule has 2 aromatic heterocycles. The predicted molar refractivity (Wildman–Crippen MR) is 76.5 cm³/mol. The van der Waals surface area contributed by atoms with Crippen molar-refractivity contribution in [2.24, 2.45) is 0 Å². The molecule has 3 aromatic rings. The lowest BCUT2D eigenvalue weighted by Gasteiger charge is -1.94. The van der Waals surface area contributed by atoms with Gasteiger partial charge in [-0.25, -0.2) is 4.68 Å². The molecule has 8 heteroatoms. The first-order valence-electron chi connectivity index (χ1n) is 5.78. The van der Waals surface area contributed by atoms with Crippen molar-refractivity contribution in [1.82, 2.24) is 25.1 Å². The van der Waals surface area contributed by atoms with E-state index in [4.69, 9.17) is 16.1 Å². The minimum atomic E-state index is 0.389. The molecule has 2 heterocycles. The zero-order chi connectivity index (χ0) is 13.9. The number of nitrogens with zero attached hydrogens (tertiary/aromatic N) is 5. The lowest BCUT2D eigenvalue weighted by atomic mass is 10.2. The van der Waals surface area contributed by atoms with Crippen LogP contribution >= 0.6 is 27.5 Å². The Kier molecular flexibility index (Phi) is 3.79.